The van der Waals surface area contributed by atoms with Gasteiger partial charge in [0.1, 0.15) is 5.82 Å². The molecule has 0 aliphatic carbocycles. The van der Waals surface area contributed by atoms with Crippen molar-refractivity contribution in [3.8, 4) is 11.6 Å². The highest BCUT2D eigenvalue weighted by atomic mass is 79.9. The van der Waals surface area contributed by atoms with Gasteiger partial charge in [-0.15, -0.1) is 0 Å². The molecule has 1 heterocycles. The third-order valence-corrected chi connectivity index (χ3v) is 2.61. The zero-order valence-corrected chi connectivity index (χ0v) is 11.0. The third-order valence-electron chi connectivity index (χ3n) is 2.15. The summed E-state index contributed by atoms with van der Waals surface area (Å²) in [5, 5.41) is 2.82. The van der Waals surface area contributed by atoms with Gasteiger partial charge in [-0.1, -0.05) is 22.0 Å². The van der Waals surface area contributed by atoms with Crippen LogP contribution in [0.5, 0.6) is 11.6 Å². The minimum Gasteiger partial charge on any atom is -0.436 e. The highest BCUT2D eigenvalue weighted by Crippen LogP contribution is 2.29. The molecule has 0 aliphatic heterocycles. The lowest BCUT2D eigenvalue weighted by Gasteiger charge is -2.08. The zero-order chi connectivity index (χ0) is 13.1. The van der Waals surface area contributed by atoms with Crippen molar-refractivity contribution in [1.82, 2.24) is 4.98 Å². The van der Waals surface area contributed by atoms with Crippen molar-refractivity contribution in [1.29, 1.82) is 0 Å². The Hall–Kier alpha value is -1.69. The van der Waals surface area contributed by atoms with E-state index >= 15 is 0 Å². The van der Waals surface area contributed by atoms with Crippen molar-refractivity contribution >= 4 is 21.7 Å². The number of nitrogens with zero attached hydrogens (tertiary/aromatic N) is 1. The van der Waals surface area contributed by atoms with Crippen molar-refractivity contribution in [3.05, 3.63) is 46.4 Å². The molecule has 0 saturated carbocycles. The van der Waals surface area contributed by atoms with Crippen LogP contribution >= 0.6 is 15.9 Å². The average Bonchev–Trinajstić information content (AvgIpc) is 2.35. The van der Waals surface area contributed by atoms with Gasteiger partial charge < -0.3 is 10.1 Å². The summed E-state index contributed by atoms with van der Waals surface area (Å²) in [6.07, 6.45) is 0. The van der Waals surface area contributed by atoms with Gasteiger partial charge in [0, 0.05) is 17.6 Å². The van der Waals surface area contributed by atoms with Crippen LogP contribution < -0.4 is 10.1 Å². The minimum atomic E-state index is -1.05. The number of hydrogen-bond acceptors (Lipinski definition) is 3. The van der Waals surface area contributed by atoms with Crippen molar-refractivity contribution in [3.63, 3.8) is 0 Å². The quantitative estimate of drug-likeness (QED) is 0.871. The number of benzene rings is 1. The van der Waals surface area contributed by atoms with E-state index in [1.54, 1.807) is 25.2 Å². The first-order valence-corrected chi connectivity index (χ1v) is 5.86. The second-order valence-corrected chi connectivity index (χ2v) is 4.33. The van der Waals surface area contributed by atoms with Crippen LogP contribution in [-0.2, 0) is 0 Å². The number of nitrogens with one attached hydrogen (secondary N) is 1. The van der Waals surface area contributed by atoms with E-state index in [2.05, 4.69) is 26.2 Å². The fourth-order valence-corrected chi connectivity index (χ4v) is 1.74. The summed E-state index contributed by atoms with van der Waals surface area (Å²) in [5.41, 5.74) is 0. The molecule has 0 bridgehead atoms. The number of hydrogen-bond donors (Lipinski definition) is 1. The molecule has 0 amide bonds. The van der Waals surface area contributed by atoms with Gasteiger partial charge in [0.15, 0.2) is 11.6 Å². The van der Waals surface area contributed by atoms with Gasteiger partial charge in [-0.25, -0.2) is 4.39 Å². The Morgan fingerprint density at radius 3 is 2.78 bits per heavy atom. The first-order valence-electron chi connectivity index (χ1n) is 5.07. The predicted octanol–water partition coefficient (Wildman–Crippen LogP) is 3.96. The van der Waals surface area contributed by atoms with Gasteiger partial charge >= 0.3 is 0 Å². The van der Waals surface area contributed by atoms with Crippen LogP contribution in [0.15, 0.2) is 34.8 Å². The number of rotatable bonds is 3. The molecule has 2 aromatic rings. The minimum absolute atomic E-state index is 0.179. The molecule has 94 valence electrons. The summed E-state index contributed by atoms with van der Waals surface area (Å²) >= 11 is 3.07. The molecule has 0 atom stereocenters. The smallest absolute Gasteiger partial charge is 0.221 e. The average molecular weight is 315 g/mol. The molecule has 0 radical (unpaired) electrons. The Labute approximate surface area is 111 Å². The monoisotopic (exact) mass is 314 g/mol. The van der Waals surface area contributed by atoms with Crippen molar-refractivity contribution in [2.24, 2.45) is 0 Å². The molecule has 1 N–H and O–H groups in total. The molecule has 0 fully saturated rings. The maximum Gasteiger partial charge on any atom is 0.221 e. The van der Waals surface area contributed by atoms with E-state index in [0.717, 1.165) is 6.07 Å². The number of anilines is 1. The summed E-state index contributed by atoms with van der Waals surface area (Å²) < 4.78 is 32.3. The standard InChI is InChI=1S/C12H9BrF2N2O/c1-16-10-3-2-4-11(17-10)18-9-6-7(13)5-8(14)12(9)15/h2-6H,1H3,(H,16,17). The number of aromatic nitrogens is 1. The largest absolute Gasteiger partial charge is 0.436 e. The van der Waals surface area contributed by atoms with Gasteiger partial charge in [-0.3, -0.25) is 0 Å². The van der Waals surface area contributed by atoms with Gasteiger partial charge in [-0.05, 0) is 18.2 Å². The van der Waals surface area contributed by atoms with E-state index in [-0.39, 0.29) is 11.6 Å². The molecule has 0 aliphatic rings. The van der Waals surface area contributed by atoms with E-state index in [1.165, 1.54) is 6.07 Å². The molecule has 1 aromatic carbocycles. The molecular formula is C12H9BrF2N2O. The summed E-state index contributed by atoms with van der Waals surface area (Å²) in [6.45, 7) is 0. The second kappa shape index (κ2) is 5.30. The maximum atomic E-state index is 13.5. The molecule has 3 nitrogen and oxygen atoms in total. The van der Waals surface area contributed by atoms with Crippen LogP contribution in [0.1, 0.15) is 0 Å². The Morgan fingerprint density at radius 2 is 2.06 bits per heavy atom. The lowest BCUT2D eigenvalue weighted by Crippen LogP contribution is -1.96. The van der Waals surface area contributed by atoms with Crippen molar-refractivity contribution in [2.75, 3.05) is 12.4 Å². The van der Waals surface area contributed by atoms with Crippen LogP contribution in [0, 0.1) is 11.6 Å². The number of ether oxygens (including phenoxy) is 1. The Bertz CT molecular complexity index is 578. The molecular weight excluding hydrogens is 306 g/mol. The summed E-state index contributed by atoms with van der Waals surface area (Å²) in [4.78, 5) is 4.05. The topological polar surface area (TPSA) is 34.1 Å². The van der Waals surface area contributed by atoms with E-state index in [0.29, 0.717) is 10.3 Å². The third kappa shape index (κ3) is 2.76. The van der Waals surface area contributed by atoms with Gasteiger partial charge in [0.25, 0.3) is 0 Å². The highest BCUT2D eigenvalue weighted by molar-refractivity contribution is 9.10. The van der Waals surface area contributed by atoms with E-state index in [1.807, 2.05) is 0 Å². The van der Waals surface area contributed by atoms with Crippen LogP contribution in [-0.4, -0.2) is 12.0 Å². The van der Waals surface area contributed by atoms with E-state index in [9.17, 15) is 8.78 Å². The Morgan fingerprint density at radius 1 is 1.28 bits per heavy atom. The lowest BCUT2D eigenvalue weighted by atomic mass is 10.3. The Kier molecular flexibility index (Phi) is 3.76. The molecule has 6 heteroatoms. The van der Waals surface area contributed by atoms with Crippen molar-refractivity contribution in [2.45, 2.75) is 0 Å². The van der Waals surface area contributed by atoms with Crippen LogP contribution in [0.4, 0.5) is 14.6 Å². The van der Waals surface area contributed by atoms with Crippen molar-refractivity contribution < 1.29 is 13.5 Å². The summed E-state index contributed by atoms with van der Waals surface area (Å²) in [6, 6.07) is 7.34. The van der Waals surface area contributed by atoms with E-state index in [4.69, 9.17) is 4.74 Å². The van der Waals surface area contributed by atoms with E-state index < -0.39 is 11.6 Å². The van der Waals surface area contributed by atoms with Crippen LogP contribution in [0.2, 0.25) is 0 Å². The summed E-state index contributed by atoms with van der Waals surface area (Å²) in [5.74, 6) is -1.50. The van der Waals surface area contributed by atoms with Crippen LogP contribution in [0.3, 0.4) is 0 Å². The Balaban J connectivity index is 2.33. The fraction of sp³-hybridized carbons (Fsp3) is 0.0833. The highest BCUT2D eigenvalue weighted by Gasteiger charge is 2.12. The SMILES string of the molecule is CNc1cccc(Oc2cc(Br)cc(F)c2F)n1. The molecule has 0 spiro atoms. The molecule has 2 rings (SSSR count). The maximum absolute atomic E-state index is 13.5. The summed E-state index contributed by atoms with van der Waals surface area (Å²) in [7, 11) is 1.70. The lowest BCUT2D eigenvalue weighted by molar-refractivity contribution is 0.405. The second-order valence-electron chi connectivity index (χ2n) is 3.41. The fourth-order valence-electron chi connectivity index (χ4n) is 1.33. The van der Waals surface area contributed by atoms with Gasteiger partial charge in [-0.2, -0.15) is 9.37 Å². The normalized spacial score (nSPS) is 10.2. The molecule has 0 saturated heterocycles. The van der Waals surface area contributed by atoms with Crippen LogP contribution in [0.25, 0.3) is 0 Å². The first-order chi connectivity index (χ1) is 8.60. The molecule has 18 heavy (non-hydrogen) atoms. The number of pyridine rings is 1. The molecule has 1 aromatic heterocycles. The number of halogens is 3. The first kappa shape index (κ1) is 12.8. The zero-order valence-electron chi connectivity index (χ0n) is 9.38. The predicted molar refractivity (Wildman–Crippen MR) is 67.9 cm³/mol. The molecule has 0 unspecified atom stereocenters. The van der Waals surface area contributed by atoms with Gasteiger partial charge in [0.05, 0.1) is 0 Å². The van der Waals surface area contributed by atoms with Gasteiger partial charge in [0.2, 0.25) is 11.7 Å².